The van der Waals surface area contributed by atoms with Crippen LogP contribution in [-0.2, 0) is 34.3 Å². The lowest BCUT2D eigenvalue weighted by Gasteiger charge is -2.32. The number of carbonyl (C=O) groups is 1. The number of benzene rings is 2. The van der Waals surface area contributed by atoms with E-state index in [0.717, 1.165) is 43.9 Å². The molecule has 1 amide bonds. The number of aryl methyl sites for hydroxylation is 1. The highest BCUT2D eigenvalue weighted by molar-refractivity contribution is 7.89. The van der Waals surface area contributed by atoms with Gasteiger partial charge in [-0.25, -0.2) is 8.42 Å². The van der Waals surface area contributed by atoms with Gasteiger partial charge in [0.1, 0.15) is 0 Å². The van der Waals surface area contributed by atoms with E-state index in [2.05, 4.69) is 40.4 Å². The molecule has 1 saturated heterocycles. The van der Waals surface area contributed by atoms with Gasteiger partial charge < -0.3 is 10.2 Å². The van der Waals surface area contributed by atoms with E-state index in [1.807, 2.05) is 19.9 Å². The third-order valence-electron chi connectivity index (χ3n) is 6.39. The molecule has 0 radical (unpaired) electrons. The number of hydrogen-bond acceptors (Lipinski definition) is 5. The van der Waals surface area contributed by atoms with Crippen molar-refractivity contribution in [2.24, 2.45) is 0 Å². The third kappa shape index (κ3) is 7.37. The molecule has 8 heteroatoms. The Morgan fingerprint density at radius 3 is 2.24 bits per heavy atom. The maximum Gasteiger partial charge on any atom is 0.243 e. The van der Waals surface area contributed by atoms with Crippen molar-refractivity contribution >= 4 is 15.9 Å². The second-order valence-electron chi connectivity index (χ2n) is 8.91. The predicted molar refractivity (Wildman–Crippen MR) is 136 cm³/mol. The first kappa shape index (κ1) is 26.3. The number of nitrogens with one attached hydrogen (secondary N) is 1. The minimum Gasteiger partial charge on any atom is -0.352 e. The summed E-state index contributed by atoms with van der Waals surface area (Å²) in [5.41, 5.74) is 3.32. The first-order valence-electron chi connectivity index (χ1n) is 12.2. The highest BCUT2D eigenvalue weighted by atomic mass is 32.2. The van der Waals surface area contributed by atoms with Crippen LogP contribution in [0.1, 0.15) is 37.0 Å². The largest absolute Gasteiger partial charge is 0.352 e. The Morgan fingerprint density at radius 2 is 1.59 bits per heavy atom. The van der Waals surface area contributed by atoms with Gasteiger partial charge in [0.05, 0.1) is 4.90 Å². The number of amides is 1. The highest BCUT2D eigenvalue weighted by Crippen LogP contribution is 2.17. The molecule has 2 aromatic carbocycles. The van der Waals surface area contributed by atoms with Crippen LogP contribution in [0.25, 0.3) is 0 Å². The molecule has 3 rings (SSSR count). The predicted octanol–water partition coefficient (Wildman–Crippen LogP) is 2.71. The molecule has 0 aromatic heterocycles. The molecule has 1 fully saturated rings. The Balaban J connectivity index is 1.46. The molecule has 0 unspecified atom stereocenters. The molecule has 34 heavy (non-hydrogen) atoms. The molecule has 0 atom stereocenters. The number of piperazine rings is 1. The molecule has 1 N–H and O–H groups in total. The quantitative estimate of drug-likeness (QED) is 0.529. The average molecular weight is 487 g/mol. The molecule has 7 nitrogen and oxygen atoms in total. The summed E-state index contributed by atoms with van der Waals surface area (Å²) in [6.45, 7) is 10.4. The van der Waals surface area contributed by atoms with Gasteiger partial charge in [-0.05, 0) is 42.3 Å². The van der Waals surface area contributed by atoms with Crippen LogP contribution < -0.4 is 5.32 Å². The van der Waals surface area contributed by atoms with Crippen molar-refractivity contribution in [3.8, 4) is 0 Å². The zero-order chi connectivity index (χ0) is 24.6. The van der Waals surface area contributed by atoms with Gasteiger partial charge in [-0.2, -0.15) is 4.31 Å². The lowest BCUT2D eigenvalue weighted by molar-refractivity contribution is -0.121. The number of rotatable bonds is 11. The molecule has 0 spiro atoms. The molecule has 0 aliphatic carbocycles. The van der Waals surface area contributed by atoms with E-state index >= 15 is 0 Å². The molecule has 1 aliphatic rings. The van der Waals surface area contributed by atoms with Crippen molar-refractivity contribution in [3.05, 3.63) is 65.2 Å². The molecule has 0 saturated carbocycles. The summed E-state index contributed by atoms with van der Waals surface area (Å²) < 4.78 is 26.6. The molecular weight excluding hydrogens is 448 g/mol. The molecular formula is C26H38N4O3S. The maximum absolute atomic E-state index is 12.6. The summed E-state index contributed by atoms with van der Waals surface area (Å²) >= 11 is 0. The summed E-state index contributed by atoms with van der Waals surface area (Å²) in [6.07, 6.45) is 0.935. The summed E-state index contributed by atoms with van der Waals surface area (Å²) in [5, 5.41) is 3.01. The van der Waals surface area contributed by atoms with Gasteiger partial charge in [-0.1, -0.05) is 50.2 Å². The summed E-state index contributed by atoms with van der Waals surface area (Å²) in [4.78, 5) is 17.5. The standard InChI is InChI=1S/C26H38N4O3S/c1-4-30(5-2)34(32,33)25-12-9-22(10-13-25)11-14-26(31)27-20-23-7-6-8-24(19-23)21-29-17-15-28(3)16-18-29/h6-10,12-13,19H,4-5,11,14-18,20-21H2,1-3H3,(H,27,31). The Morgan fingerprint density at radius 1 is 0.941 bits per heavy atom. The van der Waals surface area contributed by atoms with E-state index in [0.29, 0.717) is 37.4 Å². The average Bonchev–Trinajstić information content (AvgIpc) is 2.84. The van der Waals surface area contributed by atoms with Gasteiger partial charge in [0.25, 0.3) is 0 Å². The van der Waals surface area contributed by atoms with Gasteiger partial charge in [-0.15, -0.1) is 0 Å². The zero-order valence-corrected chi connectivity index (χ0v) is 21.5. The fourth-order valence-corrected chi connectivity index (χ4v) is 5.65. The Bertz CT molecular complexity index is 1030. The summed E-state index contributed by atoms with van der Waals surface area (Å²) in [5.74, 6) is -0.00990. The lowest BCUT2D eigenvalue weighted by atomic mass is 10.1. The SMILES string of the molecule is CCN(CC)S(=O)(=O)c1ccc(CCC(=O)NCc2cccc(CN3CCN(C)CC3)c2)cc1. The normalized spacial score (nSPS) is 15.5. The maximum atomic E-state index is 12.6. The van der Waals surface area contributed by atoms with Gasteiger partial charge in [0, 0.05) is 58.8 Å². The van der Waals surface area contributed by atoms with E-state index in [4.69, 9.17) is 0 Å². The number of nitrogens with zero attached hydrogens (tertiary/aromatic N) is 3. The van der Waals surface area contributed by atoms with Crippen LogP contribution >= 0.6 is 0 Å². The van der Waals surface area contributed by atoms with Crippen LogP contribution in [0.15, 0.2) is 53.4 Å². The van der Waals surface area contributed by atoms with Crippen molar-refractivity contribution in [2.45, 2.75) is 44.7 Å². The van der Waals surface area contributed by atoms with E-state index in [1.165, 1.54) is 9.87 Å². The first-order chi connectivity index (χ1) is 16.3. The second kappa shape index (κ2) is 12.4. The van der Waals surface area contributed by atoms with E-state index < -0.39 is 10.0 Å². The van der Waals surface area contributed by atoms with Crippen LogP contribution in [0.2, 0.25) is 0 Å². The number of hydrogen-bond donors (Lipinski definition) is 1. The van der Waals surface area contributed by atoms with Crippen molar-refractivity contribution in [2.75, 3.05) is 46.3 Å². The highest BCUT2D eigenvalue weighted by Gasteiger charge is 2.21. The van der Waals surface area contributed by atoms with Gasteiger partial charge in [0.2, 0.25) is 15.9 Å². The second-order valence-corrected chi connectivity index (χ2v) is 10.8. The topological polar surface area (TPSA) is 73.0 Å². The van der Waals surface area contributed by atoms with Crippen LogP contribution in [0, 0.1) is 0 Å². The van der Waals surface area contributed by atoms with Gasteiger partial charge >= 0.3 is 0 Å². The smallest absolute Gasteiger partial charge is 0.243 e. The van der Waals surface area contributed by atoms with Crippen LogP contribution in [0.4, 0.5) is 0 Å². The van der Waals surface area contributed by atoms with Crippen molar-refractivity contribution < 1.29 is 13.2 Å². The van der Waals surface area contributed by atoms with Crippen LogP contribution in [0.5, 0.6) is 0 Å². The Kier molecular flexibility index (Phi) is 9.64. The fourth-order valence-electron chi connectivity index (χ4n) is 4.19. The molecule has 2 aromatic rings. The summed E-state index contributed by atoms with van der Waals surface area (Å²) in [6, 6.07) is 15.3. The lowest BCUT2D eigenvalue weighted by Crippen LogP contribution is -2.43. The van der Waals surface area contributed by atoms with Gasteiger partial charge in [-0.3, -0.25) is 9.69 Å². The summed E-state index contributed by atoms with van der Waals surface area (Å²) in [7, 11) is -1.29. The first-order valence-corrected chi connectivity index (χ1v) is 13.6. The monoisotopic (exact) mass is 486 g/mol. The van der Waals surface area contributed by atoms with Gasteiger partial charge in [0.15, 0.2) is 0 Å². The van der Waals surface area contributed by atoms with E-state index in [1.54, 1.807) is 24.3 Å². The Hall–Kier alpha value is -2.26. The van der Waals surface area contributed by atoms with Crippen LogP contribution in [-0.4, -0.2) is 74.7 Å². The van der Waals surface area contributed by atoms with Crippen molar-refractivity contribution in [3.63, 3.8) is 0 Å². The van der Waals surface area contributed by atoms with E-state index in [-0.39, 0.29) is 5.91 Å². The van der Waals surface area contributed by atoms with Crippen LogP contribution in [0.3, 0.4) is 0 Å². The minimum atomic E-state index is -3.46. The minimum absolute atomic E-state index is 0.00990. The Labute approximate surface area is 204 Å². The molecule has 1 heterocycles. The van der Waals surface area contributed by atoms with E-state index in [9.17, 15) is 13.2 Å². The molecule has 0 bridgehead atoms. The number of sulfonamides is 1. The molecule has 1 aliphatic heterocycles. The molecule has 186 valence electrons. The number of carbonyl (C=O) groups excluding carboxylic acids is 1. The van der Waals surface area contributed by atoms with Crippen molar-refractivity contribution in [1.82, 2.24) is 19.4 Å². The zero-order valence-electron chi connectivity index (χ0n) is 20.7. The number of likely N-dealkylation sites (N-methyl/N-ethyl adjacent to an activating group) is 1. The fraction of sp³-hybridized carbons (Fsp3) is 0.500. The van der Waals surface area contributed by atoms with Crippen molar-refractivity contribution in [1.29, 1.82) is 0 Å². The third-order valence-corrected chi connectivity index (χ3v) is 8.45.